The highest BCUT2D eigenvalue weighted by Gasteiger charge is 2.40. The van der Waals surface area contributed by atoms with Crippen LogP contribution in [0.1, 0.15) is 29.3 Å². The van der Waals surface area contributed by atoms with Gasteiger partial charge in [0.15, 0.2) is 0 Å². The lowest BCUT2D eigenvalue weighted by atomic mass is 10.0. The minimum Gasteiger partial charge on any atom is -0.336 e. The third kappa shape index (κ3) is 3.76. The van der Waals surface area contributed by atoms with E-state index in [0.29, 0.717) is 6.54 Å². The highest BCUT2D eigenvalue weighted by molar-refractivity contribution is 5.82. The predicted molar refractivity (Wildman–Crippen MR) is 109 cm³/mol. The molecule has 1 aliphatic heterocycles. The number of nitrogens with one attached hydrogen (secondary N) is 2. The molecule has 0 radical (unpaired) electrons. The van der Waals surface area contributed by atoms with Gasteiger partial charge in [0.25, 0.3) is 0 Å². The molecule has 0 aromatic carbocycles. The molecule has 4 heterocycles. The fourth-order valence-electron chi connectivity index (χ4n) is 3.74. The number of urea groups is 1. The van der Waals surface area contributed by atoms with E-state index in [9.17, 15) is 9.59 Å². The Labute approximate surface area is 173 Å². The Morgan fingerprint density at radius 2 is 2.13 bits per heavy atom. The third-order valence-electron chi connectivity index (χ3n) is 5.53. The molecule has 0 spiro atoms. The van der Waals surface area contributed by atoms with Crippen LogP contribution in [0.15, 0.2) is 43.2 Å². The number of hydrogen-bond acceptors (Lipinski definition) is 5. The predicted octanol–water partition coefficient (Wildman–Crippen LogP) is 1.08. The monoisotopic (exact) mass is 408 g/mol. The summed E-state index contributed by atoms with van der Waals surface area (Å²) >= 11 is 0. The molecule has 3 aromatic rings. The lowest BCUT2D eigenvalue weighted by Crippen LogP contribution is -2.44. The van der Waals surface area contributed by atoms with Gasteiger partial charge in [0.2, 0.25) is 5.91 Å². The summed E-state index contributed by atoms with van der Waals surface area (Å²) in [5.74, 6) is 0.718. The number of nitrogens with zero attached hydrogens (tertiary/aromatic N) is 6. The summed E-state index contributed by atoms with van der Waals surface area (Å²) in [4.78, 5) is 34.9. The Kier molecular flexibility index (Phi) is 5.21. The van der Waals surface area contributed by atoms with E-state index in [0.717, 1.165) is 22.6 Å². The molecule has 30 heavy (non-hydrogen) atoms. The number of aryl methyl sites for hydroxylation is 1. The first-order valence-corrected chi connectivity index (χ1v) is 9.66. The van der Waals surface area contributed by atoms with Crippen LogP contribution in [0.2, 0.25) is 0 Å². The molecular weight excluding hydrogens is 384 g/mol. The quantitative estimate of drug-likeness (QED) is 0.657. The summed E-state index contributed by atoms with van der Waals surface area (Å²) in [5.41, 5.74) is 2.82. The van der Waals surface area contributed by atoms with Crippen LogP contribution < -0.4 is 10.6 Å². The normalized spacial score (nSPS) is 18.6. The number of carbonyl (C=O) groups excluding carboxylic acids is 2. The molecule has 1 saturated heterocycles. The standard InChI is InChI=1S/C20H24N8O2/c1-13-15(11-24-27(13)3)19-16(9-18(29)26(19)2)25-20(30)23-10-14-4-5-22-17(8-14)28-7-6-21-12-28/h4-8,11-12,16,19H,9-10H2,1-3H3,(H2,23,25,30)/t16-,19+/m1/s1. The molecular formula is C20H24N8O2. The van der Waals surface area contributed by atoms with Crippen LogP contribution in [0.5, 0.6) is 0 Å². The van der Waals surface area contributed by atoms with E-state index < -0.39 is 0 Å². The Morgan fingerprint density at radius 1 is 1.30 bits per heavy atom. The largest absolute Gasteiger partial charge is 0.336 e. The van der Waals surface area contributed by atoms with Crippen LogP contribution in [0, 0.1) is 6.92 Å². The topological polar surface area (TPSA) is 110 Å². The van der Waals surface area contributed by atoms with Gasteiger partial charge >= 0.3 is 6.03 Å². The van der Waals surface area contributed by atoms with E-state index in [1.807, 2.05) is 26.1 Å². The fraction of sp³-hybridized carbons (Fsp3) is 0.350. The molecule has 10 nitrogen and oxygen atoms in total. The van der Waals surface area contributed by atoms with Gasteiger partial charge < -0.3 is 15.5 Å². The second-order valence-corrected chi connectivity index (χ2v) is 7.39. The van der Waals surface area contributed by atoms with Crippen LogP contribution in [0.4, 0.5) is 4.79 Å². The van der Waals surface area contributed by atoms with Crippen LogP contribution in [0.3, 0.4) is 0 Å². The second kappa shape index (κ2) is 7.97. The Morgan fingerprint density at radius 3 is 2.83 bits per heavy atom. The van der Waals surface area contributed by atoms with Crippen molar-refractivity contribution in [1.82, 2.24) is 39.8 Å². The molecule has 0 bridgehead atoms. The van der Waals surface area contributed by atoms with Gasteiger partial charge in [0, 0.05) is 56.9 Å². The average Bonchev–Trinajstić information content (AvgIpc) is 3.44. The van der Waals surface area contributed by atoms with Crippen molar-refractivity contribution in [3.05, 3.63) is 60.1 Å². The summed E-state index contributed by atoms with van der Waals surface area (Å²) in [6.07, 6.45) is 8.86. The highest BCUT2D eigenvalue weighted by Crippen LogP contribution is 2.33. The first-order chi connectivity index (χ1) is 14.4. The molecule has 0 saturated carbocycles. The van der Waals surface area contributed by atoms with E-state index in [2.05, 4.69) is 25.7 Å². The van der Waals surface area contributed by atoms with Crippen molar-refractivity contribution >= 4 is 11.9 Å². The molecule has 2 atom stereocenters. The molecule has 156 valence electrons. The van der Waals surface area contributed by atoms with Crippen LogP contribution in [0.25, 0.3) is 5.82 Å². The number of likely N-dealkylation sites (tertiary alicyclic amines) is 1. The summed E-state index contributed by atoms with van der Waals surface area (Å²) in [6.45, 7) is 2.29. The van der Waals surface area contributed by atoms with Crippen molar-refractivity contribution < 1.29 is 9.59 Å². The van der Waals surface area contributed by atoms with Gasteiger partial charge in [0.1, 0.15) is 12.1 Å². The second-order valence-electron chi connectivity index (χ2n) is 7.39. The van der Waals surface area contributed by atoms with Gasteiger partial charge in [-0.15, -0.1) is 0 Å². The van der Waals surface area contributed by atoms with Crippen LogP contribution in [-0.4, -0.2) is 54.2 Å². The minimum atomic E-state index is -0.329. The lowest BCUT2D eigenvalue weighted by molar-refractivity contribution is -0.127. The van der Waals surface area contributed by atoms with Gasteiger partial charge in [-0.1, -0.05) is 0 Å². The zero-order chi connectivity index (χ0) is 21.3. The number of carbonyl (C=O) groups is 2. The maximum absolute atomic E-state index is 12.6. The zero-order valence-corrected chi connectivity index (χ0v) is 17.1. The minimum absolute atomic E-state index is 0.00680. The average molecular weight is 408 g/mol. The maximum atomic E-state index is 12.6. The number of likely N-dealkylation sites (N-methyl/N-ethyl adjacent to an activating group) is 1. The number of imidazole rings is 1. The zero-order valence-electron chi connectivity index (χ0n) is 17.1. The molecule has 0 aliphatic carbocycles. The number of rotatable bonds is 5. The van der Waals surface area contributed by atoms with Crippen molar-refractivity contribution in [2.75, 3.05) is 7.05 Å². The molecule has 3 amide bonds. The highest BCUT2D eigenvalue weighted by atomic mass is 16.2. The molecule has 4 rings (SSSR count). The molecule has 3 aromatic heterocycles. The molecule has 2 N–H and O–H groups in total. The van der Waals surface area contributed by atoms with Crippen LogP contribution >= 0.6 is 0 Å². The lowest BCUT2D eigenvalue weighted by Gasteiger charge is -2.25. The van der Waals surface area contributed by atoms with Crippen LogP contribution in [-0.2, 0) is 18.4 Å². The Bertz CT molecular complexity index is 1060. The van der Waals surface area contributed by atoms with E-state index in [4.69, 9.17) is 0 Å². The van der Waals surface area contributed by atoms with Crippen molar-refractivity contribution in [3.63, 3.8) is 0 Å². The molecule has 10 heteroatoms. The van der Waals surface area contributed by atoms with Crippen molar-refractivity contribution in [2.24, 2.45) is 7.05 Å². The Balaban J connectivity index is 1.41. The fourth-order valence-corrected chi connectivity index (χ4v) is 3.74. The first-order valence-electron chi connectivity index (χ1n) is 9.66. The molecule has 0 unspecified atom stereocenters. The van der Waals surface area contributed by atoms with E-state index in [1.54, 1.807) is 52.3 Å². The van der Waals surface area contributed by atoms with Gasteiger partial charge in [-0.05, 0) is 24.6 Å². The maximum Gasteiger partial charge on any atom is 0.315 e. The van der Waals surface area contributed by atoms with E-state index >= 15 is 0 Å². The Hall–Kier alpha value is -3.69. The van der Waals surface area contributed by atoms with Gasteiger partial charge in [-0.3, -0.25) is 14.0 Å². The van der Waals surface area contributed by atoms with Gasteiger partial charge in [-0.25, -0.2) is 14.8 Å². The number of pyridine rings is 1. The van der Waals surface area contributed by atoms with E-state index in [-0.39, 0.29) is 30.4 Å². The van der Waals surface area contributed by atoms with Crippen molar-refractivity contribution in [1.29, 1.82) is 0 Å². The van der Waals surface area contributed by atoms with Crippen molar-refractivity contribution in [3.8, 4) is 5.82 Å². The van der Waals surface area contributed by atoms with Gasteiger partial charge in [0.05, 0.1) is 18.3 Å². The summed E-state index contributed by atoms with van der Waals surface area (Å²) in [5, 5.41) is 10.1. The van der Waals surface area contributed by atoms with E-state index in [1.165, 1.54) is 0 Å². The number of amides is 3. The number of aromatic nitrogens is 5. The van der Waals surface area contributed by atoms with Gasteiger partial charge in [-0.2, -0.15) is 5.10 Å². The molecule has 1 fully saturated rings. The summed E-state index contributed by atoms with van der Waals surface area (Å²) < 4.78 is 3.56. The first kappa shape index (κ1) is 19.6. The third-order valence-corrected chi connectivity index (χ3v) is 5.53. The smallest absolute Gasteiger partial charge is 0.315 e. The van der Waals surface area contributed by atoms with Crippen molar-refractivity contribution in [2.45, 2.75) is 32.0 Å². The summed E-state index contributed by atoms with van der Waals surface area (Å²) in [6, 6.07) is 2.83. The molecule has 1 aliphatic rings. The number of hydrogen-bond donors (Lipinski definition) is 2. The summed E-state index contributed by atoms with van der Waals surface area (Å²) in [7, 11) is 3.62. The SMILES string of the molecule is Cc1c([C@H]2[C@H](NC(=O)NCc3ccnc(-n4ccnc4)c3)CC(=O)N2C)cnn1C.